The molecule has 3 rings (SSSR count). The molecule has 150 valence electrons. The number of carbonyl (C=O) groups excluding carboxylic acids is 3. The number of likely N-dealkylation sites (tertiary alicyclic amines) is 1. The summed E-state index contributed by atoms with van der Waals surface area (Å²) in [7, 11) is 0. The van der Waals surface area contributed by atoms with Crippen LogP contribution in [0.25, 0.3) is 0 Å². The summed E-state index contributed by atoms with van der Waals surface area (Å²) >= 11 is 4.36. The number of thiol groups is 1. The molecule has 11 nitrogen and oxygen atoms in total. The Morgan fingerprint density at radius 2 is 2.21 bits per heavy atom. The molecule has 2 aliphatic heterocycles. The number of nitro groups is 1. The SMILES string of the molecule is O=C[C@]1(NC2CONC2=O)C[C@H](S)CN1C(=O)OCc1ccc([N+](=O)[O-])cc1. The molecule has 28 heavy (non-hydrogen) atoms. The lowest BCUT2D eigenvalue weighted by atomic mass is 10.1. The van der Waals surface area contributed by atoms with E-state index in [1.54, 1.807) is 0 Å². The van der Waals surface area contributed by atoms with Crippen LogP contribution in [0.3, 0.4) is 0 Å². The molecule has 0 aliphatic carbocycles. The number of hydrogen-bond donors (Lipinski definition) is 3. The quantitative estimate of drug-likeness (QED) is 0.261. The number of aldehydes is 1. The van der Waals surface area contributed by atoms with E-state index in [4.69, 9.17) is 9.57 Å². The van der Waals surface area contributed by atoms with Gasteiger partial charge in [-0.3, -0.25) is 34.8 Å². The fourth-order valence-electron chi connectivity index (χ4n) is 3.12. The lowest BCUT2D eigenvalue weighted by molar-refractivity contribution is -0.384. The third-order valence-electron chi connectivity index (χ3n) is 4.51. The predicted octanol–water partition coefficient (Wildman–Crippen LogP) is 0.150. The Bertz CT molecular complexity index is 790. The Hall–Kier alpha value is -2.70. The molecule has 2 N–H and O–H groups in total. The van der Waals surface area contributed by atoms with Crippen molar-refractivity contribution < 1.29 is 28.9 Å². The minimum Gasteiger partial charge on any atom is -0.444 e. The zero-order chi connectivity index (χ0) is 20.3. The summed E-state index contributed by atoms with van der Waals surface area (Å²) in [5.74, 6) is -0.442. The lowest BCUT2D eigenvalue weighted by Crippen LogP contribution is -2.63. The molecule has 1 unspecified atom stereocenters. The van der Waals surface area contributed by atoms with E-state index in [0.29, 0.717) is 11.8 Å². The first-order chi connectivity index (χ1) is 13.3. The van der Waals surface area contributed by atoms with Gasteiger partial charge in [0.05, 0.1) is 11.5 Å². The van der Waals surface area contributed by atoms with E-state index in [9.17, 15) is 24.5 Å². The van der Waals surface area contributed by atoms with Crippen molar-refractivity contribution in [1.82, 2.24) is 15.7 Å². The highest BCUT2D eigenvalue weighted by Gasteiger charge is 2.50. The molecule has 0 aromatic heterocycles. The molecule has 3 atom stereocenters. The maximum atomic E-state index is 12.6. The van der Waals surface area contributed by atoms with Crippen molar-refractivity contribution in [2.24, 2.45) is 0 Å². The molecule has 2 saturated heterocycles. The molecular formula is C16H18N4O7S. The van der Waals surface area contributed by atoms with Crippen molar-refractivity contribution in [2.45, 2.75) is 30.0 Å². The highest BCUT2D eigenvalue weighted by Crippen LogP contribution is 2.30. The van der Waals surface area contributed by atoms with E-state index >= 15 is 0 Å². The van der Waals surface area contributed by atoms with Gasteiger partial charge in [-0.1, -0.05) is 0 Å². The monoisotopic (exact) mass is 410 g/mol. The number of rotatable bonds is 6. The van der Waals surface area contributed by atoms with Crippen molar-refractivity contribution in [2.75, 3.05) is 13.2 Å². The Balaban J connectivity index is 1.68. The fourth-order valence-corrected chi connectivity index (χ4v) is 3.56. The van der Waals surface area contributed by atoms with Gasteiger partial charge in [0, 0.05) is 30.3 Å². The molecule has 1 aromatic carbocycles. The number of carbonyl (C=O) groups is 3. The van der Waals surface area contributed by atoms with Gasteiger partial charge in [-0.2, -0.15) is 12.6 Å². The van der Waals surface area contributed by atoms with E-state index in [1.165, 1.54) is 29.2 Å². The van der Waals surface area contributed by atoms with Gasteiger partial charge < -0.3 is 4.74 Å². The van der Waals surface area contributed by atoms with E-state index in [-0.39, 0.29) is 37.1 Å². The summed E-state index contributed by atoms with van der Waals surface area (Å²) < 4.78 is 5.26. The van der Waals surface area contributed by atoms with Gasteiger partial charge >= 0.3 is 6.09 Å². The van der Waals surface area contributed by atoms with E-state index < -0.39 is 28.6 Å². The maximum Gasteiger partial charge on any atom is 0.411 e. The number of ether oxygens (including phenoxy) is 1. The van der Waals surface area contributed by atoms with E-state index in [2.05, 4.69) is 23.4 Å². The number of non-ortho nitro benzene ring substituents is 1. The third kappa shape index (κ3) is 4.08. The average Bonchev–Trinajstić information content (AvgIpc) is 3.23. The Morgan fingerprint density at radius 1 is 1.50 bits per heavy atom. The minimum absolute atomic E-state index is 0.0113. The summed E-state index contributed by atoms with van der Waals surface area (Å²) in [6.07, 6.45) is -0.0216. The van der Waals surface area contributed by atoms with Gasteiger partial charge in [0.15, 0.2) is 11.9 Å². The summed E-state index contributed by atoms with van der Waals surface area (Å²) in [5.41, 5.74) is 1.21. The number of hydrogen-bond acceptors (Lipinski definition) is 9. The summed E-state index contributed by atoms with van der Waals surface area (Å²) in [6.45, 7) is 0.0208. The zero-order valence-electron chi connectivity index (χ0n) is 14.6. The van der Waals surface area contributed by atoms with Crippen LogP contribution in [0.1, 0.15) is 12.0 Å². The van der Waals surface area contributed by atoms with Crippen LogP contribution in [-0.2, 0) is 25.8 Å². The van der Waals surface area contributed by atoms with Gasteiger partial charge in [-0.05, 0) is 17.7 Å². The fraction of sp³-hybridized carbons (Fsp3) is 0.438. The topological polar surface area (TPSA) is 140 Å². The highest BCUT2D eigenvalue weighted by molar-refractivity contribution is 7.81. The van der Waals surface area contributed by atoms with Crippen LogP contribution in [0.2, 0.25) is 0 Å². The van der Waals surface area contributed by atoms with Crippen LogP contribution in [0.4, 0.5) is 10.5 Å². The van der Waals surface area contributed by atoms with Gasteiger partial charge in [0.25, 0.3) is 11.6 Å². The van der Waals surface area contributed by atoms with Crippen LogP contribution in [0, 0.1) is 10.1 Å². The van der Waals surface area contributed by atoms with Gasteiger partial charge in [0.1, 0.15) is 12.6 Å². The molecule has 0 spiro atoms. The molecule has 1 aromatic rings. The van der Waals surface area contributed by atoms with Crippen molar-refractivity contribution in [3.05, 3.63) is 39.9 Å². The number of nitrogens with zero attached hydrogens (tertiary/aromatic N) is 2. The second-order valence-electron chi connectivity index (χ2n) is 6.46. The van der Waals surface area contributed by atoms with Crippen LogP contribution in [0.5, 0.6) is 0 Å². The molecule has 2 aliphatic rings. The van der Waals surface area contributed by atoms with Gasteiger partial charge in [-0.15, -0.1) is 0 Å². The number of benzene rings is 1. The summed E-state index contributed by atoms with van der Waals surface area (Å²) in [5, 5.41) is 13.3. The zero-order valence-corrected chi connectivity index (χ0v) is 15.5. The molecule has 2 amide bonds. The summed E-state index contributed by atoms with van der Waals surface area (Å²) in [6, 6.07) is 4.76. The van der Waals surface area contributed by atoms with Crippen molar-refractivity contribution in [3.63, 3.8) is 0 Å². The second-order valence-corrected chi connectivity index (χ2v) is 7.19. The van der Waals surface area contributed by atoms with Crippen LogP contribution < -0.4 is 10.8 Å². The molecule has 2 fully saturated rings. The second kappa shape index (κ2) is 8.12. The molecule has 12 heteroatoms. The maximum absolute atomic E-state index is 12.6. The largest absolute Gasteiger partial charge is 0.444 e. The number of nitro benzene ring substituents is 1. The average molecular weight is 410 g/mol. The Kier molecular flexibility index (Phi) is 5.82. The first-order valence-electron chi connectivity index (χ1n) is 8.36. The van der Waals surface area contributed by atoms with E-state index in [0.717, 1.165) is 0 Å². The number of hydroxylamine groups is 1. The highest BCUT2D eigenvalue weighted by atomic mass is 32.1. The number of nitrogens with one attached hydrogen (secondary N) is 2. The standard InChI is InChI=1S/C16H18N4O7S/c21-9-16(17-13-8-27-18-14(13)22)5-12(28)6-19(16)15(23)26-7-10-1-3-11(4-2-10)20(24)25/h1-4,9,12-13,17,28H,5-8H2,(H,18,22)/t12-,13?,16-/m0/s1. The van der Waals surface area contributed by atoms with Crippen molar-refractivity contribution >= 4 is 36.6 Å². The van der Waals surface area contributed by atoms with Crippen molar-refractivity contribution in [3.8, 4) is 0 Å². The van der Waals surface area contributed by atoms with Crippen molar-refractivity contribution in [1.29, 1.82) is 0 Å². The molecule has 2 heterocycles. The van der Waals surface area contributed by atoms with Crippen LogP contribution in [0.15, 0.2) is 24.3 Å². The molecule has 0 saturated carbocycles. The molecule has 0 bridgehead atoms. The first-order valence-corrected chi connectivity index (χ1v) is 8.88. The Labute approximate surface area is 164 Å². The normalized spacial score (nSPS) is 26.8. The number of amides is 2. The first kappa shape index (κ1) is 20.0. The lowest BCUT2D eigenvalue weighted by Gasteiger charge is -2.34. The van der Waals surface area contributed by atoms with Crippen LogP contribution >= 0.6 is 12.6 Å². The molecule has 0 radical (unpaired) electrons. The molecular weight excluding hydrogens is 392 g/mol. The smallest absolute Gasteiger partial charge is 0.411 e. The van der Waals surface area contributed by atoms with Gasteiger partial charge in [0.2, 0.25) is 0 Å². The van der Waals surface area contributed by atoms with E-state index in [1.807, 2.05) is 0 Å². The summed E-state index contributed by atoms with van der Waals surface area (Å²) in [4.78, 5) is 52.4. The van der Waals surface area contributed by atoms with Gasteiger partial charge in [-0.25, -0.2) is 10.3 Å². The Morgan fingerprint density at radius 3 is 2.79 bits per heavy atom. The van der Waals surface area contributed by atoms with Crippen LogP contribution in [-0.4, -0.2) is 58.2 Å². The predicted molar refractivity (Wildman–Crippen MR) is 97.2 cm³/mol. The minimum atomic E-state index is -1.45. The third-order valence-corrected chi connectivity index (χ3v) is 4.86.